The van der Waals surface area contributed by atoms with Crippen molar-refractivity contribution >= 4 is 5.78 Å². The van der Waals surface area contributed by atoms with E-state index < -0.39 is 0 Å². The van der Waals surface area contributed by atoms with Crippen LogP contribution in [0, 0.1) is 13.8 Å². The molecule has 0 bridgehead atoms. The minimum Gasteiger partial charge on any atom is -0.308 e. The zero-order valence-electron chi connectivity index (χ0n) is 13.7. The molecule has 0 amide bonds. The summed E-state index contributed by atoms with van der Waals surface area (Å²) < 4.78 is 0. The molecule has 0 saturated heterocycles. The summed E-state index contributed by atoms with van der Waals surface area (Å²) in [6.45, 7) is 10.7. The van der Waals surface area contributed by atoms with Crippen molar-refractivity contribution in [2.45, 2.75) is 33.7 Å². The predicted octanol–water partition coefficient (Wildman–Crippen LogP) is 2.76. The summed E-state index contributed by atoms with van der Waals surface area (Å²) in [5.41, 5.74) is 3.07. The quantitative estimate of drug-likeness (QED) is 0.716. The van der Waals surface area contributed by atoms with Gasteiger partial charge in [-0.15, -0.1) is 0 Å². The van der Waals surface area contributed by atoms with E-state index in [1.54, 1.807) is 0 Å². The number of aryl methyl sites for hydroxylation is 2. The molecule has 1 aromatic carbocycles. The van der Waals surface area contributed by atoms with Gasteiger partial charge in [0.1, 0.15) is 0 Å². The maximum atomic E-state index is 12.5. The van der Waals surface area contributed by atoms with Gasteiger partial charge in [0, 0.05) is 18.2 Å². The Bertz CT molecular complexity index is 454. The van der Waals surface area contributed by atoms with E-state index in [-0.39, 0.29) is 5.78 Å². The van der Waals surface area contributed by atoms with E-state index in [1.165, 1.54) is 0 Å². The number of nitrogens with zero attached hydrogens (tertiary/aromatic N) is 2. The molecule has 0 radical (unpaired) electrons. The van der Waals surface area contributed by atoms with Gasteiger partial charge in [0.05, 0.1) is 6.54 Å². The smallest absolute Gasteiger partial charge is 0.177 e. The number of rotatable bonds is 7. The van der Waals surface area contributed by atoms with Gasteiger partial charge in [-0.1, -0.05) is 24.6 Å². The zero-order valence-corrected chi connectivity index (χ0v) is 13.7. The fraction of sp³-hybridized carbons (Fsp3) is 0.588. The van der Waals surface area contributed by atoms with E-state index in [0.29, 0.717) is 12.6 Å². The molecule has 0 aliphatic carbocycles. The van der Waals surface area contributed by atoms with Crippen molar-refractivity contribution < 1.29 is 4.79 Å². The lowest BCUT2D eigenvalue weighted by atomic mass is 10.0. The maximum Gasteiger partial charge on any atom is 0.177 e. The van der Waals surface area contributed by atoms with E-state index in [9.17, 15) is 4.79 Å². The topological polar surface area (TPSA) is 23.6 Å². The van der Waals surface area contributed by atoms with Crippen LogP contribution in [-0.2, 0) is 0 Å². The Morgan fingerprint density at radius 3 is 2.45 bits per heavy atom. The van der Waals surface area contributed by atoms with E-state index in [1.807, 2.05) is 26.0 Å². The molecule has 0 saturated carbocycles. The van der Waals surface area contributed by atoms with Gasteiger partial charge in [0.2, 0.25) is 0 Å². The van der Waals surface area contributed by atoms with Crippen LogP contribution in [0.4, 0.5) is 0 Å². The Hall–Kier alpha value is -1.19. The van der Waals surface area contributed by atoms with Crippen molar-refractivity contribution in [3.63, 3.8) is 0 Å². The van der Waals surface area contributed by atoms with E-state index in [4.69, 9.17) is 0 Å². The summed E-state index contributed by atoms with van der Waals surface area (Å²) in [6, 6.07) is 6.46. The second kappa shape index (κ2) is 7.55. The van der Waals surface area contributed by atoms with Gasteiger partial charge in [0.25, 0.3) is 0 Å². The molecular formula is C17H28N2O. The molecule has 1 aromatic rings. The molecule has 0 heterocycles. The summed E-state index contributed by atoms with van der Waals surface area (Å²) in [5, 5.41) is 0. The highest BCUT2D eigenvalue weighted by atomic mass is 16.1. The first-order valence-corrected chi connectivity index (χ1v) is 7.34. The highest BCUT2D eigenvalue weighted by molar-refractivity contribution is 5.99. The van der Waals surface area contributed by atoms with Crippen LogP contribution in [0.2, 0.25) is 0 Å². The third kappa shape index (κ3) is 4.73. The number of Topliss-reactive ketones (excluding diaryl/α,β-unsaturated/α-hetero) is 1. The molecule has 3 nitrogen and oxygen atoms in total. The average Bonchev–Trinajstić information content (AvgIpc) is 2.37. The molecule has 0 aliphatic heterocycles. The van der Waals surface area contributed by atoms with Gasteiger partial charge < -0.3 is 4.90 Å². The van der Waals surface area contributed by atoms with Crippen LogP contribution >= 0.6 is 0 Å². The fourth-order valence-electron chi connectivity index (χ4n) is 2.53. The molecule has 112 valence electrons. The first-order valence-electron chi connectivity index (χ1n) is 7.34. The molecule has 0 aromatic heterocycles. The number of hydrogen-bond acceptors (Lipinski definition) is 3. The SMILES string of the molecule is CCN(CC(=O)c1cc(C)ccc1C)C(C)CN(C)C. The van der Waals surface area contributed by atoms with Crippen LogP contribution in [-0.4, -0.2) is 55.4 Å². The second-order valence-corrected chi connectivity index (χ2v) is 5.92. The summed E-state index contributed by atoms with van der Waals surface area (Å²) in [6.07, 6.45) is 0. The Balaban J connectivity index is 2.79. The third-order valence-corrected chi connectivity index (χ3v) is 3.70. The monoisotopic (exact) mass is 276 g/mol. The van der Waals surface area contributed by atoms with Gasteiger partial charge in [-0.25, -0.2) is 0 Å². The largest absolute Gasteiger partial charge is 0.308 e. The van der Waals surface area contributed by atoms with Crippen molar-refractivity contribution in [2.75, 3.05) is 33.7 Å². The van der Waals surface area contributed by atoms with E-state index in [2.05, 4.69) is 43.8 Å². The Morgan fingerprint density at radius 1 is 1.25 bits per heavy atom. The lowest BCUT2D eigenvalue weighted by Crippen LogP contribution is -2.42. The van der Waals surface area contributed by atoms with Crippen LogP contribution in [0.25, 0.3) is 0 Å². The van der Waals surface area contributed by atoms with Gasteiger partial charge in [-0.3, -0.25) is 9.69 Å². The predicted molar refractivity (Wildman–Crippen MR) is 85.5 cm³/mol. The van der Waals surface area contributed by atoms with Crippen molar-refractivity contribution in [1.29, 1.82) is 0 Å². The third-order valence-electron chi connectivity index (χ3n) is 3.70. The normalized spacial score (nSPS) is 13.0. The molecule has 1 atom stereocenters. The van der Waals surface area contributed by atoms with Crippen LogP contribution in [0.15, 0.2) is 18.2 Å². The standard InChI is InChI=1S/C17H28N2O/c1-7-19(15(4)11-18(5)6)12-17(20)16-10-13(2)8-9-14(16)3/h8-10,15H,7,11-12H2,1-6H3. The van der Waals surface area contributed by atoms with E-state index in [0.717, 1.165) is 29.8 Å². The summed E-state index contributed by atoms with van der Waals surface area (Å²) in [7, 11) is 4.13. The highest BCUT2D eigenvalue weighted by Crippen LogP contribution is 2.13. The molecular weight excluding hydrogens is 248 g/mol. The molecule has 0 N–H and O–H groups in total. The summed E-state index contributed by atoms with van der Waals surface area (Å²) in [4.78, 5) is 16.9. The number of carbonyl (C=O) groups is 1. The number of likely N-dealkylation sites (N-methyl/N-ethyl adjacent to an activating group) is 2. The maximum absolute atomic E-state index is 12.5. The first-order chi connectivity index (χ1) is 9.35. The van der Waals surface area contributed by atoms with E-state index >= 15 is 0 Å². The van der Waals surface area contributed by atoms with Crippen molar-refractivity contribution in [1.82, 2.24) is 9.80 Å². The van der Waals surface area contributed by atoms with Crippen molar-refractivity contribution in [3.05, 3.63) is 34.9 Å². The molecule has 20 heavy (non-hydrogen) atoms. The van der Waals surface area contributed by atoms with Crippen LogP contribution < -0.4 is 0 Å². The Labute approximate surface area is 123 Å². The second-order valence-electron chi connectivity index (χ2n) is 5.92. The summed E-state index contributed by atoms with van der Waals surface area (Å²) in [5.74, 6) is 0.221. The van der Waals surface area contributed by atoms with Gasteiger partial charge in [-0.2, -0.15) is 0 Å². The Morgan fingerprint density at radius 2 is 1.90 bits per heavy atom. The molecule has 3 heteroatoms. The lowest BCUT2D eigenvalue weighted by Gasteiger charge is -2.29. The minimum atomic E-state index is 0.221. The van der Waals surface area contributed by atoms with Crippen molar-refractivity contribution in [2.24, 2.45) is 0 Å². The molecule has 1 rings (SSSR count). The fourth-order valence-corrected chi connectivity index (χ4v) is 2.53. The van der Waals surface area contributed by atoms with Gasteiger partial charge in [0.15, 0.2) is 5.78 Å². The van der Waals surface area contributed by atoms with Crippen LogP contribution in [0.1, 0.15) is 35.3 Å². The molecule has 0 aliphatic rings. The van der Waals surface area contributed by atoms with Crippen LogP contribution in [0.5, 0.6) is 0 Å². The lowest BCUT2D eigenvalue weighted by molar-refractivity contribution is 0.0888. The summed E-state index contributed by atoms with van der Waals surface area (Å²) >= 11 is 0. The molecule has 0 fully saturated rings. The zero-order chi connectivity index (χ0) is 15.3. The van der Waals surface area contributed by atoms with Gasteiger partial charge in [-0.05, 0) is 53.0 Å². The minimum absolute atomic E-state index is 0.221. The molecule has 0 spiro atoms. The number of benzene rings is 1. The first kappa shape index (κ1) is 16.9. The Kier molecular flexibility index (Phi) is 6.37. The number of hydrogen-bond donors (Lipinski definition) is 0. The molecule has 1 unspecified atom stereocenters. The average molecular weight is 276 g/mol. The van der Waals surface area contributed by atoms with Crippen LogP contribution in [0.3, 0.4) is 0 Å². The number of ketones is 1. The number of carbonyl (C=O) groups excluding carboxylic acids is 1. The van der Waals surface area contributed by atoms with Gasteiger partial charge >= 0.3 is 0 Å². The highest BCUT2D eigenvalue weighted by Gasteiger charge is 2.18. The van der Waals surface area contributed by atoms with Crippen molar-refractivity contribution in [3.8, 4) is 0 Å².